The Balaban J connectivity index is 2.09. The molecule has 2 aromatic rings. The molecule has 0 aliphatic rings. The lowest BCUT2D eigenvalue weighted by Crippen LogP contribution is -2.23. The summed E-state index contributed by atoms with van der Waals surface area (Å²) >= 11 is 5.74. The Kier molecular flexibility index (Phi) is 5.18. The zero-order valence-electron chi connectivity index (χ0n) is 12.7. The van der Waals surface area contributed by atoms with E-state index in [0.717, 1.165) is 11.3 Å². The molecule has 0 saturated carbocycles. The minimum Gasteiger partial charge on any atom is -0.378 e. The van der Waals surface area contributed by atoms with Crippen LogP contribution in [0, 0.1) is 10.1 Å². The number of amides is 1. The Morgan fingerprint density at radius 1 is 1.22 bits per heavy atom. The lowest BCUT2D eigenvalue weighted by Gasteiger charge is -2.13. The Morgan fingerprint density at radius 2 is 1.87 bits per heavy atom. The summed E-state index contributed by atoms with van der Waals surface area (Å²) in [6, 6.07) is 11.6. The van der Waals surface area contributed by atoms with Gasteiger partial charge in [-0.3, -0.25) is 14.9 Å². The van der Waals surface area contributed by atoms with Crippen LogP contribution in [-0.4, -0.2) is 24.9 Å². The van der Waals surface area contributed by atoms with E-state index < -0.39 is 10.8 Å². The Bertz CT molecular complexity index is 730. The van der Waals surface area contributed by atoms with Gasteiger partial charge < -0.3 is 10.2 Å². The fraction of sp³-hybridized carbons (Fsp3) is 0.188. The molecule has 0 saturated heterocycles. The topological polar surface area (TPSA) is 75.5 Å². The van der Waals surface area contributed by atoms with Crippen LogP contribution in [-0.2, 0) is 6.54 Å². The molecular weight excluding hydrogens is 318 g/mol. The molecule has 0 spiro atoms. The summed E-state index contributed by atoms with van der Waals surface area (Å²) in [6.07, 6.45) is 0. The van der Waals surface area contributed by atoms with Gasteiger partial charge in [-0.1, -0.05) is 23.7 Å². The number of nitro benzene ring substituents is 1. The molecule has 23 heavy (non-hydrogen) atoms. The normalized spacial score (nSPS) is 10.2. The van der Waals surface area contributed by atoms with E-state index in [9.17, 15) is 14.9 Å². The number of rotatable bonds is 5. The van der Waals surface area contributed by atoms with Crippen LogP contribution in [0.3, 0.4) is 0 Å². The molecule has 0 atom stereocenters. The standard InChI is InChI=1S/C16H16ClN3O3/c1-19(2)13-6-3-11(4-7-13)10-18-16(21)14-8-5-12(17)9-15(14)20(22)23/h3-9H,10H2,1-2H3,(H,18,21). The summed E-state index contributed by atoms with van der Waals surface area (Å²) in [5.41, 5.74) is 1.64. The third kappa shape index (κ3) is 4.20. The van der Waals surface area contributed by atoms with Gasteiger partial charge in [0.2, 0.25) is 0 Å². The summed E-state index contributed by atoms with van der Waals surface area (Å²) in [5, 5.41) is 13.9. The van der Waals surface area contributed by atoms with Crippen molar-refractivity contribution >= 4 is 28.9 Å². The predicted octanol–water partition coefficient (Wildman–Crippen LogP) is 3.24. The summed E-state index contributed by atoms with van der Waals surface area (Å²) < 4.78 is 0. The van der Waals surface area contributed by atoms with E-state index in [1.54, 1.807) is 0 Å². The lowest BCUT2D eigenvalue weighted by atomic mass is 10.1. The average Bonchev–Trinajstić information content (AvgIpc) is 2.52. The number of carbonyl (C=O) groups is 1. The van der Waals surface area contributed by atoms with Crippen molar-refractivity contribution in [1.29, 1.82) is 0 Å². The summed E-state index contributed by atoms with van der Waals surface area (Å²) in [5.74, 6) is -0.509. The van der Waals surface area contributed by atoms with Crippen LogP contribution in [0.4, 0.5) is 11.4 Å². The first kappa shape index (κ1) is 16.8. The first-order chi connectivity index (χ1) is 10.9. The molecule has 7 heteroatoms. The highest BCUT2D eigenvalue weighted by molar-refractivity contribution is 6.31. The molecule has 2 aromatic carbocycles. The molecule has 1 amide bonds. The first-order valence-corrected chi connectivity index (χ1v) is 7.24. The maximum absolute atomic E-state index is 12.2. The zero-order chi connectivity index (χ0) is 17.0. The fourth-order valence-corrected chi connectivity index (χ4v) is 2.20. The number of hydrogen-bond acceptors (Lipinski definition) is 4. The summed E-state index contributed by atoms with van der Waals surface area (Å²) in [4.78, 5) is 24.5. The molecule has 0 radical (unpaired) electrons. The van der Waals surface area contributed by atoms with Gasteiger partial charge >= 0.3 is 0 Å². The second-order valence-corrected chi connectivity index (χ2v) is 5.60. The molecule has 0 bridgehead atoms. The smallest absolute Gasteiger partial charge is 0.283 e. The van der Waals surface area contributed by atoms with Gasteiger partial charge in [0.25, 0.3) is 11.6 Å². The second-order valence-electron chi connectivity index (χ2n) is 5.16. The van der Waals surface area contributed by atoms with Crippen LogP contribution >= 0.6 is 11.6 Å². The van der Waals surface area contributed by atoms with Crippen molar-refractivity contribution in [3.05, 3.63) is 68.7 Å². The van der Waals surface area contributed by atoms with Gasteiger partial charge in [-0.05, 0) is 29.8 Å². The Labute approximate surface area is 138 Å². The van der Waals surface area contributed by atoms with Gasteiger partial charge in [0.1, 0.15) is 5.56 Å². The van der Waals surface area contributed by atoms with E-state index in [1.807, 2.05) is 43.3 Å². The highest BCUT2D eigenvalue weighted by atomic mass is 35.5. The highest BCUT2D eigenvalue weighted by Gasteiger charge is 2.20. The zero-order valence-corrected chi connectivity index (χ0v) is 13.5. The van der Waals surface area contributed by atoms with Crippen LogP contribution in [0.1, 0.15) is 15.9 Å². The fourth-order valence-electron chi connectivity index (χ4n) is 2.04. The second kappa shape index (κ2) is 7.11. The third-order valence-corrected chi connectivity index (χ3v) is 3.54. The summed E-state index contributed by atoms with van der Waals surface area (Å²) in [6.45, 7) is 0.284. The number of nitro groups is 1. The van der Waals surface area contributed by atoms with Gasteiger partial charge in [-0.2, -0.15) is 0 Å². The molecule has 0 heterocycles. The van der Waals surface area contributed by atoms with E-state index in [1.165, 1.54) is 18.2 Å². The predicted molar refractivity (Wildman–Crippen MR) is 90.0 cm³/mol. The van der Waals surface area contributed by atoms with Crippen LogP contribution in [0.2, 0.25) is 5.02 Å². The van der Waals surface area contributed by atoms with Crippen LogP contribution in [0.15, 0.2) is 42.5 Å². The molecule has 0 aliphatic carbocycles. The van der Waals surface area contributed by atoms with Crippen molar-refractivity contribution in [2.24, 2.45) is 0 Å². The van der Waals surface area contributed by atoms with E-state index in [2.05, 4.69) is 5.32 Å². The number of nitrogens with zero attached hydrogens (tertiary/aromatic N) is 2. The number of hydrogen-bond donors (Lipinski definition) is 1. The van der Waals surface area contributed by atoms with Gasteiger partial charge in [0.15, 0.2) is 0 Å². The monoisotopic (exact) mass is 333 g/mol. The van der Waals surface area contributed by atoms with Crippen molar-refractivity contribution in [2.45, 2.75) is 6.54 Å². The number of nitrogens with one attached hydrogen (secondary N) is 1. The first-order valence-electron chi connectivity index (χ1n) is 6.87. The molecule has 0 unspecified atom stereocenters. The quantitative estimate of drug-likeness (QED) is 0.673. The van der Waals surface area contributed by atoms with Gasteiger partial charge in [0, 0.05) is 37.4 Å². The van der Waals surface area contributed by atoms with Crippen molar-refractivity contribution in [2.75, 3.05) is 19.0 Å². The number of carbonyl (C=O) groups excluding carboxylic acids is 1. The van der Waals surface area contributed by atoms with Gasteiger partial charge in [-0.15, -0.1) is 0 Å². The molecule has 0 aromatic heterocycles. The van der Waals surface area contributed by atoms with E-state index >= 15 is 0 Å². The number of anilines is 1. The van der Waals surface area contributed by atoms with Crippen LogP contribution in [0.25, 0.3) is 0 Å². The molecule has 2 rings (SSSR count). The van der Waals surface area contributed by atoms with Crippen molar-refractivity contribution in [3.63, 3.8) is 0 Å². The van der Waals surface area contributed by atoms with Gasteiger partial charge in [0.05, 0.1) is 4.92 Å². The van der Waals surface area contributed by atoms with E-state index in [0.29, 0.717) is 0 Å². The number of benzene rings is 2. The molecule has 0 fully saturated rings. The lowest BCUT2D eigenvalue weighted by molar-refractivity contribution is -0.385. The Hall–Kier alpha value is -2.60. The number of halogens is 1. The highest BCUT2D eigenvalue weighted by Crippen LogP contribution is 2.23. The van der Waals surface area contributed by atoms with Crippen molar-refractivity contribution in [1.82, 2.24) is 5.32 Å². The Morgan fingerprint density at radius 3 is 2.43 bits per heavy atom. The van der Waals surface area contributed by atoms with Crippen molar-refractivity contribution < 1.29 is 9.72 Å². The van der Waals surface area contributed by atoms with Crippen LogP contribution in [0.5, 0.6) is 0 Å². The van der Waals surface area contributed by atoms with E-state index in [-0.39, 0.29) is 22.8 Å². The largest absolute Gasteiger partial charge is 0.378 e. The molecule has 6 nitrogen and oxygen atoms in total. The maximum atomic E-state index is 12.2. The maximum Gasteiger partial charge on any atom is 0.283 e. The minimum absolute atomic E-state index is 0.00990. The molecule has 120 valence electrons. The van der Waals surface area contributed by atoms with Crippen molar-refractivity contribution in [3.8, 4) is 0 Å². The third-order valence-electron chi connectivity index (χ3n) is 3.31. The molecular formula is C16H16ClN3O3. The SMILES string of the molecule is CN(C)c1ccc(CNC(=O)c2ccc(Cl)cc2[N+](=O)[O-])cc1. The average molecular weight is 334 g/mol. The summed E-state index contributed by atoms with van der Waals surface area (Å²) in [7, 11) is 3.88. The molecule has 0 aliphatic heterocycles. The van der Waals surface area contributed by atoms with E-state index in [4.69, 9.17) is 11.6 Å². The minimum atomic E-state index is -0.618. The molecule has 1 N–H and O–H groups in total. The van der Waals surface area contributed by atoms with Gasteiger partial charge in [-0.25, -0.2) is 0 Å². The van der Waals surface area contributed by atoms with Crippen LogP contribution < -0.4 is 10.2 Å².